The molecule has 5 nitrogen and oxygen atoms in total. The van der Waals surface area contributed by atoms with Crippen molar-refractivity contribution in [3.05, 3.63) is 17.6 Å². The highest BCUT2D eigenvalue weighted by atomic mass is 15.2. The molecule has 72 valence electrons. The maximum Gasteiger partial charge on any atom is 0.201 e. The molecule has 0 bridgehead atoms. The van der Waals surface area contributed by atoms with Gasteiger partial charge in [-0.2, -0.15) is 10.2 Å². The molecular weight excluding hydrogens is 178 g/mol. The van der Waals surface area contributed by atoms with Gasteiger partial charge in [-0.3, -0.25) is 10.2 Å². The van der Waals surface area contributed by atoms with E-state index in [2.05, 4.69) is 25.4 Å². The number of aryl methyl sites for hydroxylation is 1. The lowest BCUT2D eigenvalue weighted by atomic mass is 10.2. The Balaban J connectivity index is 1.95. The molecule has 2 N–H and O–H groups in total. The lowest BCUT2D eigenvalue weighted by molar-refractivity contribution is 0.963. The summed E-state index contributed by atoms with van der Waals surface area (Å²) in [6.45, 7) is 1.88. The van der Waals surface area contributed by atoms with Crippen molar-refractivity contribution >= 4 is 0 Å². The highest BCUT2D eigenvalue weighted by Gasteiger charge is 2.26. The van der Waals surface area contributed by atoms with Crippen LogP contribution in [0.4, 0.5) is 0 Å². The normalized spacial score (nSPS) is 16.1. The van der Waals surface area contributed by atoms with Crippen LogP contribution in [0.3, 0.4) is 0 Å². The van der Waals surface area contributed by atoms with Gasteiger partial charge in [0, 0.05) is 11.6 Å². The Morgan fingerprint density at radius 2 is 2.14 bits per heavy atom. The minimum atomic E-state index is 0.672. The molecule has 1 saturated carbocycles. The minimum absolute atomic E-state index is 0.672. The number of H-pyrrole nitrogens is 2. The standard InChI is InChI=1S/C9H11N5/c1-5-10-9(14-11-5)8-4-7(12-13-8)6-2-3-6/h4,6H,2-3H2,1H3,(H,12,13)(H,10,11,14). The molecule has 1 fully saturated rings. The van der Waals surface area contributed by atoms with Gasteiger partial charge in [-0.05, 0) is 25.8 Å². The Kier molecular flexibility index (Phi) is 1.47. The molecule has 0 unspecified atom stereocenters. The van der Waals surface area contributed by atoms with Crippen LogP contribution in [-0.2, 0) is 0 Å². The third-order valence-electron chi connectivity index (χ3n) is 2.44. The van der Waals surface area contributed by atoms with Crippen LogP contribution in [0, 0.1) is 6.92 Å². The van der Waals surface area contributed by atoms with Crippen LogP contribution in [0.15, 0.2) is 6.07 Å². The first-order valence-corrected chi connectivity index (χ1v) is 4.77. The van der Waals surface area contributed by atoms with Gasteiger partial charge < -0.3 is 0 Å². The molecule has 0 atom stereocenters. The number of rotatable bonds is 2. The van der Waals surface area contributed by atoms with Crippen molar-refractivity contribution in [2.75, 3.05) is 0 Å². The number of aromatic nitrogens is 5. The molecule has 0 amide bonds. The van der Waals surface area contributed by atoms with Crippen molar-refractivity contribution in [3.8, 4) is 11.5 Å². The molecule has 14 heavy (non-hydrogen) atoms. The molecule has 0 radical (unpaired) electrons. The van der Waals surface area contributed by atoms with E-state index in [0.717, 1.165) is 11.5 Å². The van der Waals surface area contributed by atoms with Crippen molar-refractivity contribution in [1.82, 2.24) is 25.4 Å². The molecule has 5 heteroatoms. The molecule has 2 aromatic heterocycles. The Bertz CT molecular complexity index is 451. The number of nitrogens with zero attached hydrogens (tertiary/aromatic N) is 3. The molecule has 0 saturated heterocycles. The summed E-state index contributed by atoms with van der Waals surface area (Å²) in [5.41, 5.74) is 2.04. The van der Waals surface area contributed by atoms with Gasteiger partial charge in [-0.1, -0.05) is 0 Å². The van der Waals surface area contributed by atoms with Gasteiger partial charge in [0.2, 0.25) is 5.82 Å². The molecular formula is C9H11N5. The van der Waals surface area contributed by atoms with Gasteiger partial charge in [0.1, 0.15) is 11.5 Å². The number of hydrogen-bond donors (Lipinski definition) is 2. The average Bonchev–Trinajstić information content (AvgIpc) is 2.76. The second-order valence-corrected chi connectivity index (χ2v) is 3.73. The van der Waals surface area contributed by atoms with Crippen molar-refractivity contribution in [2.24, 2.45) is 0 Å². The van der Waals surface area contributed by atoms with Crippen molar-refractivity contribution < 1.29 is 0 Å². The predicted octanol–water partition coefficient (Wildman–Crippen LogP) is 1.38. The highest BCUT2D eigenvalue weighted by Crippen LogP contribution is 2.39. The predicted molar refractivity (Wildman–Crippen MR) is 50.7 cm³/mol. The van der Waals surface area contributed by atoms with Crippen LogP contribution >= 0.6 is 0 Å². The van der Waals surface area contributed by atoms with Gasteiger partial charge in [0.25, 0.3) is 0 Å². The maximum absolute atomic E-state index is 4.22. The Labute approximate surface area is 81.0 Å². The number of hydrogen-bond acceptors (Lipinski definition) is 3. The quantitative estimate of drug-likeness (QED) is 0.749. The van der Waals surface area contributed by atoms with Crippen LogP contribution in [0.2, 0.25) is 0 Å². The monoisotopic (exact) mass is 189 g/mol. The first-order valence-electron chi connectivity index (χ1n) is 4.77. The first kappa shape index (κ1) is 7.73. The molecule has 2 aromatic rings. The van der Waals surface area contributed by atoms with E-state index >= 15 is 0 Å². The van der Waals surface area contributed by atoms with Crippen LogP contribution in [0.25, 0.3) is 11.5 Å². The summed E-state index contributed by atoms with van der Waals surface area (Å²) in [6, 6.07) is 2.04. The summed E-state index contributed by atoms with van der Waals surface area (Å²) in [4.78, 5) is 4.22. The lowest BCUT2D eigenvalue weighted by Crippen LogP contribution is -1.80. The van der Waals surface area contributed by atoms with E-state index in [9.17, 15) is 0 Å². The maximum atomic E-state index is 4.22. The Morgan fingerprint density at radius 3 is 2.79 bits per heavy atom. The summed E-state index contributed by atoms with van der Waals surface area (Å²) < 4.78 is 0. The van der Waals surface area contributed by atoms with Crippen molar-refractivity contribution in [1.29, 1.82) is 0 Å². The zero-order valence-electron chi connectivity index (χ0n) is 7.91. The summed E-state index contributed by atoms with van der Waals surface area (Å²) in [7, 11) is 0. The zero-order valence-corrected chi connectivity index (χ0v) is 7.91. The third-order valence-corrected chi connectivity index (χ3v) is 2.44. The van der Waals surface area contributed by atoms with Gasteiger partial charge >= 0.3 is 0 Å². The number of aromatic amines is 2. The molecule has 0 aromatic carbocycles. The molecule has 1 aliphatic rings. The largest absolute Gasteiger partial charge is 0.282 e. The molecule has 1 aliphatic carbocycles. The van der Waals surface area contributed by atoms with E-state index in [-0.39, 0.29) is 0 Å². The summed E-state index contributed by atoms with van der Waals surface area (Å²) in [5.74, 6) is 2.18. The van der Waals surface area contributed by atoms with E-state index in [4.69, 9.17) is 0 Å². The highest BCUT2D eigenvalue weighted by molar-refractivity contribution is 5.49. The molecule has 0 aliphatic heterocycles. The smallest absolute Gasteiger partial charge is 0.201 e. The van der Waals surface area contributed by atoms with Gasteiger partial charge in [0.15, 0.2) is 0 Å². The summed E-state index contributed by atoms with van der Waals surface area (Å²) in [5, 5.41) is 14.1. The minimum Gasteiger partial charge on any atom is -0.282 e. The van der Waals surface area contributed by atoms with Gasteiger partial charge in [0.05, 0.1) is 0 Å². The SMILES string of the molecule is Cc1nc(-c2cc(C3CC3)[nH]n2)n[nH]1. The molecule has 2 heterocycles. The fraction of sp³-hybridized carbons (Fsp3) is 0.444. The lowest BCUT2D eigenvalue weighted by Gasteiger charge is -1.84. The van der Waals surface area contributed by atoms with E-state index < -0.39 is 0 Å². The van der Waals surface area contributed by atoms with Crippen molar-refractivity contribution in [2.45, 2.75) is 25.7 Å². The average molecular weight is 189 g/mol. The summed E-state index contributed by atoms with van der Waals surface area (Å²) in [6.07, 6.45) is 2.54. The van der Waals surface area contributed by atoms with Gasteiger partial charge in [-0.25, -0.2) is 4.98 Å². The summed E-state index contributed by atoms with van der Waals surface area (Å²) >= 11 is 0. The van der Waals surface area contributed by atoms with E-state index in [1.807, 2.05) is 13.0 Å². The second kappa shape index (κ2) is 2.67. The topological polar surface area (TPSA) is 70.2 Å². The zero-order chi connectivity index (χ0) is 9.54. The van der Waals surface area contributed by atoms with Crippen LogP contribution in [0.1, 0.15) is 30.3 Å². The van der Waals surface area contributed by atoms with E-state index in [0.29, 0.717) is 11.7 Å². The van der Waals surface area contributed by atoms with Crippen LogP contribution < -0.4 is 0 Å². The first-order chi connectivity index (χ1) is 6.83. The van der Waals surface area contributed by atoms with Gasteiger partial charge in [-0.15, -0.1) is 0 Å². The van der Waals surface area contributed by atoms with Crippen molar-refractivity contribution in [3.63, 3.8) is 0 Å². The molecule has 0 spiro atoms. The third kappa shape index (κ3) is 1.21. The van der Waals surface area contributed by atoms with E-state index in [1.165, 1.54) is 18.5 Å². The Morgan fingerprint density at radius 1 is 1.29 bits per heavy atom. The fourth-order valence-electron chi connectivity index (χ4n) is 1.51. The van der Waals surface area contributed by atoms with Crippen LogP contribution in [-0.4, -0.2) is 25.4 Å². The van der Waals surface area contributed by atoms with Crippen LogP contribution in [0.5, 0.6) is 0 Å². The second-order valence-electron chi connectivity index (χ2n) is 3.73. The molecule has 3 rings (SSSR count). The Hall–Kier alpha value is -1.65. The fourth-order valence-corrected chi connectivity index (χ4v) is 1.51. The van der Waals surface area contributed by atoms with E-state index in [1.54, 1.807) is 0 Å². The number of nitrogens with one attached hydrogen (secondary N) is 2.